The molecule has 0 spiro atoms. The number of thiophene rings is 1. The van der Waals surface area contributed by atoms with Crippen molar-refractivity contribution in [2.24, 2.45) is 0 Å². The van der Waals surface area contributed by atoms with Crippen molar-refractivity contribution in [3.05, 3.63) is 41.1 Å². The fourth-order valence-corrected chi connectivity index (χ4v) is 3.31. The van der Waals surface area contributed by atoms with E-state index in [2.05, 4.69) is 32.8 Å². The highest BCUT2D eigenvalue weighted by Crippen LogP contribution is 2.23. The maximum Gasteiger partial charge on any atom is 0.0836 e. The van der Waals surface area contributed by atoms with Crippen LogP contribution in [-0.4, -0.2) is 8.87 Å². The molecule has 0 bridgehead atoms. The summed E-state index contributed by atoms with van der Waals surface area (Å²) in [5.41, 5.74) is 2.39. The molecule has 2 aromatic rings. The van der Waals surface area contributed by atoms with Crippen molar-refractivity contribution in [2.45, 2.75) is 4.90 Å². The third-order valence-corrected chi connectivity index (χ3v) is 5.00. The van der Waals surface area contributed by atoms with E-state index < -0.39 is 10.8 Å². The Kier molecular flexibility index (Phi) is 3.72. The maximum absolute atomic E-state index is 11.5. The number of hydrogen-bond acceptors (Lipinski definition) is 2. The SMILES string of the molecule is O=S(CBr)c1ccc(-c2ccsc2)cc1. The fourth-order valence-electron chi connectivity index (χ4n) is 1.29. The molecule has 1 aromatic heterocycles. The van der Waals surface area contributed by atoms with Gasteiger partial charge in [0.05, 0.1) is 15.5 Å². The summed E-state index contributed by atoms with van der Waals surface area (Å²) < 4.78 is 12.0. The first-order chi connectivity index (χ1) is 7.31. The smallest absolute Gasteiger partial charge is 0.0836 e. The number of rotatable bonds is 3. The Balaban J connectivity index is 2.29. The van der Waals surface area contributed by atoms with Crippen LogP contribution in [0.25, 0.3) is 11.1 Å². The molecule has 4 heteroatoms. The van der Waals surface area contributed by atoms with Crippen LogP contribution < -0.4 is 0 Å². The predicted octanol–water partition coefficient (Wildman–Crippen LogP) is 3.88. The van der Waals surface area contributed by atoms with Crippen LogP contribution in [0.2, 0.25) is 0 Å². The van der Waals surface area contributed by atoms with Crippen molar-refractivity contribution < 1.29 is 4.21 Å². The molecule has 0 saturated heterocycles. The quantitative estimate of drug-likeness (QED) is 0.786. The largest absolute Gasteiger partial charge is 0.253 e. The van der Waals surface area contributed by atoms with E-state index in [1.54, 1.807) is 11.3 Å². The Hall–Kier alpha value is -0.450. The van der Waals surface area contributed by atoms with Crippen molar-refractivity contribution in [2.75, 3.05) is 4.66 Å². The first-order valence-corrected chi connectivity index (χ1v) is 7.76. The summed E-state index contributed by atoms with van der Waals surface area (Å²) in [5, 5.41) is 4.16. The molecule has 1 aromatic carbocycles. The summed E-state index contributed by atoms with van der Waals surface area (Å²) in [6, 6.07) is 9.95. The molecular formula is C11H9BrOS2. The maximum atomic E-state index is 11.5. The lowest BCUT2D eigenvalue weighted by atomic mass is 10.1. The Morgan fingerprint density at radius 3 is 2.40 bits per heavy atom. The lowest BCUT2D eigenvalue weighted by Gasteiger charge is -2.00. The van der Waals surface area contributed by atoms with Gasteiger partial charge in [0.15, 0.2) is 0 Å². The lowest BCUT2D eigenvalue weighted by Crippen LogP contribution is -1.90. The molecule has 2 rings (SSSR count). The minimum absolute atomic E-state index is 0.491. The van der Waals surface area contributed by atoms with E-state index in [-0.39, 0.29) is 0 Å². The first kappa shape index (κ1) is 11.0. The van der Waals surface area contributed by atoms with Crippen molar-refractivity contribution in [1.29, 1.82) is 0 Å². The van der Waals surface area contributed by atoms with E-state index >= 15 is 0 Å². The topological polar surface area (TPSA) is 17.1 Å². The summed E-state index contributed by atoms with van der Waals surface area (Å²) >= 11 is 4.89. The Bertz CT molecular complexity index is 448. The van der Waals surface area contributed by atoms with Crippen LogP contribution in [0.5, 0.6) is 0 Å². The highest BCUT2D eigenvalue weighted by molar-refractivity contribution is 9.10. The van der Waals surface area contributed by atoms with Gasteiger partial charge in [-0.3, -0.25) is 4.21 Å². The second-order valence-corrected chi connectivity index (χ2v) is 6.53. The molecule has 0 fully saturated rings. The molecule has 15 heavy (non-hydrogen) atoms. The van der Waals surface area contributed by atoms with E-state index in [9.17, 15) is 4.21 Å². The minimum atomic E-state index is -0.926. The molecule has 0 saturated carbocycles. The fraction of sp³-hybridized carbons (Fsp3) is 0.0909. The molecule has 1 heterocycles. The first-order valence-electron chi connectivity index (χ1n) is 4.38. The molecule has 0 amide bonds. The van der Waals surface area contributed by atoms with Crippen LogP contribution in [0.15, 0.2) is 46.0 Å². The monoisotopic (exact) mass is 300 g/mol. The zero-order valence-electron chi connectivity index (χ0n) is 7.85. The van der Waals surface area contributed by atoms with Gasteiger partial charge in [-0.25, -0.2) is 0 Å². The summed E-state index contributed by atoms with van der Waals surface area (Å²) in [4.78, 5) is 0.867. The molecule has 0 radical (unpaired) electrons. The highest BCUT2D eigenvalue weighted by Gasteiger charge is 2.02. The molecule has 0 aliphatic heterocycles. The molecule has 1 unspecified atom stereocenters. The average Bonchev–Trinajstić information content (AvgIpc) is 2.82. The summed E-state index contributed by atoms with van der Waals surface area (Å²) in [5.74, 6) is 0. The normalized spacial score (nSPS) is 12.6. The lowest BCUT2D eigenvalue weighted by molar-refractivity contribution is 0.686. The van der Waals surface area contributed by atoms with Crippen molar-refractivity contribution >= 4 is 38.1 Å². The zero-order valence-corrected chi connectivity index (χ0v) is 11.1. The van der Waals surface area contributed by atoms with Crippen LogP contribution in [0.1, 0.15) is 0 Å². The zero-order chi connectivity index (χ0) is 10.7. The minimum Gasteiger partial charge on any atom is -0.253 e. The van der Waals surface area contributed by atoms with Gasteiger partial charge in [0.1, 0.15) is 0 Å². The van der Waals surface area contributed by atoms with Crippen LogP contribution in [-0.2, 0) is 10.8 Å². The van der Waals surface area contributed by atoms with E-state index in [1.807, 2.05) is 24.3 Å². The third-order valence-electron chi connectivity index (χ3n) is 2.07. The second kappa shape index (κ2) is 5.05. The summed E-state index contributed by atoms with van der Waals surface area (Å²) in [6.07, 6.45) is 0. The molecule has 0 aliphatic carbocycles. The van der Waals surface area contributed by atoms with Crippen LogP contribution in [0.4, 0.5) is 0 Å². The van der Waals surface area contributed by atoms with Gasteiger partial charge in [0, 0.05) is 4.90 Å². The highest BCUT2D eigenvalue weighted by atomic mass is 79.9. The summed E-state index contributed by atoms with van der Waals surface area (Å²) in [7, 11) is -0.926. The Morgan fingerprint density at radius 1 is 1.13 bits per heavy atom. The van der Waals surface area contributed by atoms with E-state index in [1.165, 1.54) is 11.1 Å². The van der Waals surface area contributed by atoms with Gasteiger partial charge < -0.3 is 0 Å². The standard InChI is InChI=1S/C11H9BrOS2/c12-8-15(13)11-3-1-9(2-4-11)10-5-6-14-7-10/h1-7H,8H2. The van der Waals surface area contributed by atoms with Crippen molar-refractivity contribution in [3.8, 4) is 11.1 Å². The van der Waals surface area contributed by atoms with Crippen LogP contribution in [0.3, 0.4) is 0 Å². The molecule has 1 nitrogen and oxygen atoms in total. The van der Waals surface area contributed by atoms with Gasteiger partial charge >= 0.3 is 0 Å². The van der Waals surface area contributed by atoms with E-state index in [0.29, 0.717) is 4.66 Å². The summed E-state index contributed by atoms with van der Waals surface area (Å²) in [6.45, 7) is 0. The predicted molar refractivity (Wildman–Crippen MR) is 70.0 cm³/mol. The Labute approximate surface area is 104 Å². The van der Waals surface area contributed by atoms with Gasteiger partial charge in [-0.1, -0.05) is 28.1 Å². The van der Waals surface area contributed by atoms with Gasteiger partial charge in [-0.2, -0.15) is 11.3 Å². The van der Waals surface area contributed by atoms with Crippen LogP contribution in [0, 0.1) is 0 Å². The Morgan fingerprint density at radius 2 is 1.87 bits per heavy atom. The molecule has 1 atom stereocenters. The van der Waals surface area contributed by atoms with Gasteiger partial charge in [-0.15, -0.1) is 0 Å². The van der Waals surface area contributed by atoms with Gasteiger partial charge in [0.2, 0.25) is 0 Å². The number of halogens is 1. The van der Waals surface area contributed by atoms with Gasteiger partial charge in [0.25, 0.3) is 0 Å². The number of alkyl halides is 1. The molecule has 0 aliphatic rings. The molecule has 78 valence electrons. The van der Waals surface area contributed by atoms with Crippen molar-refractivity contribution in [1.82, 2.24) is 0 Å². The molecular weight excluding hydrogens is 292 g/mol. The van der Waals surface area contributed by atoms with E-state index in [0.717, 1.165) is 4.90 Å². The van der Waals surface area contributed by atoms with Crippen LogP contribution >= 0.6 is 27.3 Å². The van der Waals surface area contributed by atoms with E-state index in [4.69, 9.17) is 0 Å². The second-order valence-electron chi connectivity index (χ2n) is 2.99. The number of hydrogen-bond donors (Lipinski definition) is 0. The molecule has 0 N–H and O–H groups in total. The average molecular weight is 301 g/mol. The number of benzene rings is 1. The van der Waals surface area contributed by atoms with Gasteiger partial charge in [-0.05, 0) is 40.1 Å². The van der Waals surface area contributed by atoms with Crippen molar-refractivity contribution in [3.63, 3.8) is 0 Å². The third kappa shape index (κ3) is 2.56.